The van der Waals surface area contributed by atoms with Crippen molar-refractivity contribution < 1.29 is 4.74 Å². The van der Waals surface area contributed by atoms with Gasteiger partial charge in [0, 0.05) is 22.9 Å². The highest BCUT2D eigenvalue weighted by atomic mass is 16.5. The van der Waals surface area contributed by atoms with E-state index < -0.39 is 11.8 Å². The lowest BCUT2D eigenvalue weighted by molar-refractivity contribution is 0.406. The number of hydrogen-bond donors (Lipinski definition) is 1. The summed E-state index contributed by atoms with van der Waals surface area (Å²) in [5.74, 6) is -0.618. The highest BCUT2D eigenvalue weighted by Gasteiger charge is 2.36. The Balaban J connectivity index is 2.33. The predicted molar refractivity (Wildman–Crippen MR) is 93.2 cm³/mol. The summed E-state index contributed by atoms with van der Waals surface area (Å²) in [6.45, 7) is 3.58. The molecule has 124 valence electrons. The van der Waals surface area contributed by atoms with Crippen molar-refractivity contribution in [1.29, 1.82) is 10.5 Å². The second kappa shape index (κ2) is 6.26. The first kappa shape index (κ1) is 16.5. The molecule has 0 spiro atoms. The van der Waals surface area contributed by atoms with Crippen molar-refractivity contribution in [2.24, 2.45) is 10.9 Å². The van der Waals surface area contributed by atoms with Crippen LogP contribution in [0.15, 0.2) is 34.1 Å². The minimum Gasteiger partial charge on any atom is -0.496 e. The van der Waals surface area contributed by atoms with Gasteiger partial charge in [-0.15, -0.1) is 0 Å². The average molecular weight is 332 g/mol. The van der Waals surface area contributed by atoms with Crippen molar-refractivity contribution in [1.82, 2.24) is 4.98 Å². The maximum Gasteiger partial charge on any atom is 0.254 e. The first-order chi connectivity index (χ1) is 12.0. The Morgan fingerprint density at radius 3 is 2.64 bits per heavy atom. The highest BCUT2D eigenvalue weighted by molar-refractivity contribution is 5.93. The van der Waals surface area contributed by atoms with E-state index in [2.05, 4.69) is 22.1 Å². The molecule has 6 heteroatoms. The zero-order valence-electron chi connectivity index (χ0n) is 14.1. The molecular formula is C19H16N4O2. The van der Waals surface area contributed by atoms with Crippen LogP contribution in [-0.4, -0.2) is 17.8 Å². The first-order valence-electron chi connectivity index (χ1n) is 7.76. The number of hydrogen-bond acceptors (Lipinski definition) is 5. The summed E-state index contributed by atoms with van der Waals surface area (Å²) in [5.41, 5.74) is 3.26. The van der Waals surface area contributed by atoms with Crippen LogP contribution >= 0.6 is 0 Å². The Labute approximate surface area is 145 Å². The molecule has 3 rings (SSSR count). The van der Waals surface area contributed by atoms with Crippen LogP contribution in [0, 0.1) is 35.5 Å². The van der Waals surface area contributed by atoms with Gasteiger partial charge in [-0.2, -0.15) is 10.5 Å². The third kappa shape index (κ3) is 2.68. The summed E-state index contributed by atoms with van der Waals surface area (Å²) in [7, 11) is 1.51. The van der Waals surface area contributed by atoms with Crippen molar-refractivity contribution in [3.8, 4) is 17.9 Å². The third-order valence-corrected chi connectivity index (χ3v) is 4.41. The maximum atomic E-state index is 12.6. The molecule has 1 aromatic carbocycles. The second-order valence-electron chi connectivity index (χ2n) is 5.99. The van der Waals surface area contributed by atoms with Crippen LogP contribution in [0.1, 0.15) is 35.2 Å². The number of nitrogens with zero attached hydrogens (tertiary/aromatic N) is 3. The van der Waals surface area contributed by atoms with Gasteiger partial charge in [-0.3, -0.25) is 9.79 Å². The van der Waals surface area contributed by atoms with Crippen molar-refractivity contribution in [2.45, 2.75) is 19.8 Å². The first-order valence-corrected chi connectivity index (χ1v) is 7.76. The Kier molecular flexibility index (Phi) is 4.12. The fourth-order valence-electron chi connectivity index (χ4n) is 3.28. The van der Waals surface area contributed by atoms with Gasteiger partial charge in [-0.25, -0.2) is 0 Å². The minimum atomic E-state index is -0.585. The average Bonchev–Trinajstić information content (AvgIpc) is 2.59. The summed E-state index contributed by atoms with van der Waals surface area (Å²) in [5, 5.41) is 18.8. The number of rotatable bonds is 2. The zero-order chi connectivity index (χ0) is 18.1. The van der Waals surface area contributed by atoms with E-state index in [1.54, 1.807) is 38.1 Å². The molecule has 1 N–H and O–H groups in total. The smallest absolute Gasteiger partial charge is 0.254 e. The van der Waals surface area contributed by atoms with Gasteiger partial charge < -0.3 is 9.72 Å². The van der Waals surface area contributed by atoms with Gasteiger partial charge >= 0.3 is 0 Å². The minimum absolute atomic E-state index is 0.261. The molecule has 0 amide bonds. The number of aliphatic imine (C=N–C) groups is 1. The number of nitrogens with one attached hydrogen (secondary N) is 1. The summed E-state index contributed by atoms with van der Waals surface area (Å²) in [4.78, 5) is 19.9. The maximum absolute atomic E-state index is 12.6. The van der Waals surface area contributed by atoms with Crippen LogP contribution in [0.3, 0.4) is 0 Å². The predicted octanol–water partition coefficient (Wildman–Crippen LogP) is 2.94. The van der Waals surface area contributed by atoms with Gasteiger partial charge in [0.05, 0.1) is 42.0 Å². The number of H-pyrrole nitrogens is 1. The van der Waals surface area contributed by atoms with E-state index in [0.717, 1.165) is 0 Å². The van der Waals surface area contributed by atoms with E-state index in [1.807, 2.05) is 0 Å². The molecule has 0 radical (unpaired) electrons. The number of fused-ring (bicyclic) bond motifs is 1. The monoisotopic (exact) mass is 332 g/mol. The van der Waals surface area contributed by atoms with Crippen molar-refractivity contribution >= 4 is 11.4 Å². The van der Waals surface area contributed by atoms with E-state index in [0.29, 0.717) is 39.5 Å². The summed E-state index contributed by atoms with van der Waals surface area (Å²) >= 11 is 0. The quantitative estimate of drug-likeness (QED) is 0.913. The van der Waals surface area contributed by atoms with Gasteiger partial charge in [0.25, 0.3) is 5.56 Å². The number of ether oxygens (including phenoxy) is 1. The third-order valence-electron chi connectivity index (χ3n) is 4.41. The lowest BCUT2D eigenvalue weighted by atomic mass is 9.76. The van der Waals surface area contributed by atoms with Crippen LogP contribution in [0.5, 0.6) is 5.75 Å². The van der Waals surface area contributed by atoms with Crippen LogP contribution in [-0.2, 0) is 0 Å². The number of pyridine rings is 1. The summed E-state index contributed by atoms with van der Waals surface area (Å²) < 4.78 is 5.44. The molecule has 0 aliphatic carbocycles. The van der Waals surface area contributed by atoms with Crippen molar-refractivity contribution in [3.63, 3.8) is 0 Å². The van der Waals surface area contributed by atoms with Gasteiger partial charge in [0.1, 0.15) is 5.75 Å². The van der Waals surface area contributed by atoms with Gasteiger partial charge in [0.2, 0.25) is 0 Å². The van der Waals surface area contributed by atoms with Gasteiger partial charge in [-0.1, -0.05) is 6.07 Å². The van der Waals surface area contributed by atoms with Gasteiger partial charge in [0.15, 0.2) is 0 Å². The van der Waals surface area contributed by atoms with Crippen LogP contribution in [0.25, 0.3) is 0 Å². The normalized spacial score (nSPS) is 18.5. The number of aromatic amines is 1. The lowest BCUT2D eigenvalue weighted by Gasteiger charge is -2.28. The molecule has 2 atom stereocenters. The molecule has 0 saturated heterocycles. The number of aromatic nitrogens is 1. The topological polar surface area (TPSA) is 102 Å². The van der Waals surface area contributed by atoms with E-state index in [4.69, 9.17) is 10.00 Å². The number of benzene rings is 1. The molecule has 25 heavy (non-hydrogen) atoms. The Morgan fingerprint density at radius 2 is 2.00 bits per heavy atom. The standard InChI is InChI=1S/C19H16N4O2/c1-10-6-15-18(19(24)22-10)17(14(9-21)11(2)23-15)13-5-4-12(8-20)7-16(13)25-3/h4-7,14,17H,1-3H3,(H,22,24). The Bertz CT molecular complexity index is 1020. The molecule has 2 aromatic rings. The van der Waals surface area contributed by atoms with Crippen LogP contribution in [0.2, 0.25) is 0 Å². The highest BCUT2D eigenvalue weighted by Crippen LogP contribution is 2.43. The number of aryl methyl sites for hydroxylation is 1. The lowest BCUT2D eigenvalue weighted by Crippen LogP contribution is -2.30. The molecule has 0 bridgehead atoms. The van der Waals surface area contributed by atoms with Crippen molar-refractivity contribution in [2.75, 3.05) is 7.11 Å². The zero-order valence-corrected chi connectivity index (χ0v) is 14.1. The van der Waals surface area contributed by atoms with Crippen LogP contribution < -0.4 is 10.3 Å². The fraction of sp³-hybridized carbons (Fsp3) is 0.263. The van der Waals surface area contributed by atoms with Crippen molar-refractivity contribution in [3.05, 3.63) is 57.0 Å². The molecule has 1 aliphatic heterocycles. The van der Waals surface area contributed by atoms with E-state index in [-0.39, 0.29) is 5.56 Å². The van der Waals surface area contributed by atoms with E-state index >= 15 is 0 Å². The van der Waals surface area contributed by atoms with Gasteiger partial charge in [-0.05, 0) is 32.0 Å². The molecule has 0 saturated carbocycles. The Morgan fingerprint density at radius 1 is 1.24 bits per heavy atom. The molecule has 6 nitrogen and oxygen atoms in total. The summed E-state index contributed by atoms with van der Waals surface area (Å²) in [6, 6.07) is 11.2. The van der Waals surface area contributed by atoms with E-state index in [9.17, 15) is 10.1 Å². The fourth-order valence-corrected chi connectivity index (χ4v) is 3.28. The number of methoxy groups -OCH3 is 1. The van der Waals surface area contributed by atoms with Crippen LogP contribution in [0.4, 0.5) is 5.69 Å². The molecule has 2 heterocycles. The van der Waals surface area contributed by atoms with E-state index in [1.165, 1.54) is 7.11 Å². The summed E-state index contributed by atoms with van der Waals surface area (Å²) in [6.07, 6.45) is 0. The molecular weight excluding hydrogens is 316 g/mol. The number of nitriles is 2. The molecule has 1 aromatic heterocycles. The SMILES string of the molecule is COc1cc(C#N)ccc1C1c2c(cc(C)[nH]c2=O)N=C(C)C1C#N. The Hall–Kier alpha value is -3.38. The second-order valence-corrected chi connectivity index (χ2v) is 5.99. The largest absolute Gasteiger partial charge is 0.496 e. The molecule has 1 aliphatic rings. The molecule has 2 unspecified atom stereocenters. The molecule has 0 fully saturated rings.